The van der Waals surface area contributed by atoms with E-state index in [0.29, 0.717) is 12.2 Å². The van der Waals surface area contributed by atoms with Crippen molar-refractivity contribution in [2.45, 2.75) is 13.5 Å². The van der Waals surface area contributed by atoms with Crippen molar-refractivity contribution in [3.05, 3.63) is 35.9 Å². The number of anilines is 1. The molecule has 0 radical (unpaired) electrons. The molecule has 0 fully saturated rings. The molecule has 116 valence electrons. The summed E-state index contributed by atoms with van der Waals surface area (Å²) in [6.45, 7) is 2.50. The summed E-state index contributed by atoms with van der Waals surface area (Å²) >= 11 is 0. The van der Waals surface area contributed by atoms with Crippen LogP contribution in [0.1, 0.15) is 23.0 Å². The van der Waals surface area contributed by atoms with E-state index in [2.05, 4.69) is 20.8 Å². The highest BCUT2D eigenvalue weighted by atomic mass is 16.2. The number of carbonyl (C=O) groups is 2. The topological polar surface area (TPSA) is 93.8 Å². The Morgan fingerprint density at radius 1 is 1.36 bits per heavy atom. The summed E-state index contributed by atoms with van der Waals surface area (Å²) in [7, 11) is 3.31. The third-order valence-corrected chi connectivity index (χ3v) is 2.94. The summed E-state index contributed by atoms with van der Waals surface area (Å²) in [6, 6.07) is 0. The fraction of sp³-hybridized carbons (Fsp3) is 0.286. The van der Waals surface area contributed by atoms with Gasteiger partial charge in [-0.15, -0.1) is 0 Å². The molecule has 2 rings (SSSR count). The molecule has 2 amide bonds. The average molecular weight is 302 g/mol. The maximum atomic E-state index is 12.0. The van der Waals surface area contributed by atoms with Gasteiger partial charge in [-0.2, -0.15) is 10.2 Å². The quantitative estimate of drug-likeness (QED) is 0.793. The van der Waals surface area contributed by atoms with Gasteiger partial charge in [0.1, 0.15) is 0 Å². The van der Waals surface area contributed by atoms with Crippen LogP contribution in [0, 0.1) is 0 Å². The molecule has 8 heteroatoms. The summed E-state index contributed by atoms with van der Waals surface area (Å²) < 4.78 is 3.23. The second kappa shape index (κ2) is 6.70. The van der Waals surface area contributed by atoms with E-state index >= 15 is 0 Å². The second-order valence-corrected chi connectivity index (χ2v) is 4.60. The molecular formula is C14H18N6O2. The van der Waals surface area contributed by atoms with Crippen LogP contribution >= 0.6 is 0 Å². The van der Waals surface area contributed by atoms with Crippen molar-refractivity contribution in [2.75, 3.05) is 12.4 Å². The number of aryl methyl sites for hydroxylation is 2. The molecule has 0 aliphatic heterocycles. The van der Waals surface area contributed by atoms with Crippen molar-refractivity contribution in [3.63, 3.8) is 0 Å². The van der Waals surface area contributed by atoms with Crippen molar-refractivity contribution in [3.8, 4) is 0 Å². The van der Waals surface area contributed by atoms with Gasteiger partial charge in [-0.05, 0) is 13.0 Å². The van der Waals surface area contributed by atoms with Gasteiger partial charge in [0.25, 0.3) is 5.91 Å². The smallest absolute Gasteiger partial charge is 0.273 e. The van der Waals surface area contributed by atoms with Crippen LogP contribution in [0.2, 0.25) is 0 Å². The molecular weight excluding hydrogens is 284 g/mol. The number of hydrogen-bond donors (Lipinski definition) is 2. The lowest BCUT2D eigenvalue weighted by atomic mass is 10.3. The van der Waals surface area contributed by atoms with E-state index < -0.39 is 0 Å². The summed E-state index contributed by atoms with van der Waals surface area (Å²) in [5.74, 6) is -0.691. The van der Waals surface area contributed by atoms with Gasteiger partial charge in [0.2, 0.25) is 5.91 Å². The summed E-state index contributed by atoms with van der Waals surface area (Å²) in [4.78, 5) is 23.7. The molecule has 0 aliphatic carbocycles. The first kappa shape index (κ1) is 15.5. The van der Waals surface area contributed by atoms with Crippen molar-refractivity contribution < 1.29 is 9.59 Å². The van der Waals surface area contributed by atoms with Crippen LogP contribution in [0.25, 0.3) is 6.08 Å². The van der Waals surface area contributed by atoms with Crippen molar-refractivity contribution in [2.24, 2.45) is 7.05 Å². The summed E-state index contributed by atoms with van der Waals surface area (Å²) in [6.07, 6.45) is 8.09. The van der Waals surface area contributed by atoms with Crippen LogP contribution in [0.4, 0.5) is 5.69 Å². The molecule has 0 unspecified atom stereocenters. The minimum absolute atomic E-state index is 0.187. The highest BCUT2D eigenvalue weighted by Gasteiger charge is 2.16. The molecule has 0 atom stereocenters. The van der Waals surface area contributed by atoms with Gasteiger partial charge < -0.3 is 10.6 Å². The molecule has 0 saturated heterocycles. The zero-order chi connectivity index (χ0) is 16.1. The predicted octanol–water partition coefficient (Wildman–Crippen LogP) is 0.648. The van der Waals surface area contributed by atoms with Gasteiger partial charge in [0, 0.05) is 44.7 Å². The van der Waals surface area contributed by atoms with E-state index in [1.807, 2.05) is 6.92 Å². The molecule has 0 bridgehead atoms. The van der Waals surface area contributed by atoms with Crippen LogP contribution in [0.5, 0.6) is 0 Å². The zero-order valence-corrected chi connectivity index (χ0v) is 12.7. The summed E-state index contributed by atoms with van der Waals surface area (Å²) in [5, 5.41) is 13.3. The molecule has 0 saturated carbocycles. The number of amides is 2. The molecule has 0 aliphatic rings. The molecule has 2 aromatic heterocycles. The van der Waals surface area contributed by atoms with Crippen LogP contribution in [0.3, 0.4) is 0 Å². The third kappa shape index (κ3) is 3.60. The molecule has 2 heterocycles. The van der Waals surface area contributed by atoms with Gasteiger partial charge in [0.05, 0.1) is 11.9 Å². The summed E-state index contributed by atoms with van der Waals surface area (Å²) in [5.41, 5.74) is 1.38. The Labute approximate surface area is 127 Å². The second-order valence-electron chi connectivity index (χ2n) is 4.60. The van der Waals surface area contributed by atoms with Crippen molar-refractivity contribution in [1.29, 1.82) is 0 Å². The van der Waals surface area contributed by atoms with E-state index in [9.17, 15) is 9.59 Å². The van der Waals surface area contributed by atoms with Crippen LogP contribution in [-0.4, -0.2) is 38.4 Å². The third-order valence-electron chi connectivity index (χ3n) is 2.94. The fourth-order valence-electron chi connectivity index (χ4n) is 1.83. The van der Waals surface area contributed by atoms with Gasteiger partial charge >= 0.3 is 0 Å². The van der Waals surface area contributed by atoms with Gasteiger partial charge in [-0.3, -0.25) is 19.0 Å². The first-order valence-electron chi connectivity index (χ1n) is 6.80. The number of hydrogen-bond acceptors (Lipinski definition) is 4. The van der Waals surface area contributed by atoms with Crippen molar-refractivity contribution in [1.82, 2.24) is 24.9 Å². The van der Waals surface area contributed by atoms with E-state index in [1.165, 1.54) is 13.1 Å². The Bertz CT molecular complexity index is 713. The molecule has 22 heavy (non-hydrogen) atoms. The Kier molecular flexibility index (Phi) is 4.72. The lowest BCUT2D eigenvalue weighted by Gasteiger charge is -2.01. The Hall–Kier alpha value is -2.90. The van der Waals surface area contributed by atoms with Crippen molar-refractivity contribution >= 4 is 23.6 Å². The Morgan fingerprint density at radius 3 is 2.73 bits per heavy atom. The number of carbonyl (C=O) groups excluding carboxylic acids is 2. The molecule has 0 aromatic carbocycles. The molecule has 8 nitrogen and oxygen atoms in total. The van der Waals surface area contributed by atoms with Crippen LogP contribution in [-0.2, 0) is 18.4 Å². The number of aromatic nitrogens is 4. The number of rotatable bonds is 5. The van der Waals surface area contributed by atoms with Gasteiger partial charge in [-0.1, -0.05) is 0 Å². The Balaban J connectivity index is 2.12. The minimum Gasteiger partial charge on any atom is -0.354 e. The van der Waals surface area contributed by atoms with E-state index in [-0.39, 0.29) is 17.5 Å². The lowest BCUT2D eigenvalue weighted by Crippen LogP contribution is -2.21. The van der Waals surface area contributed by atoms with E-state index in [1.54, 1.807) is 41.1 Å². The zero-order valence-electron chi connectivity index (χ0n) is 12.7. The van der Waals surface area contributed by atoms with Gasteiger partial charge in [0.15, 0.2) is 5.69 Å². The fourth-order valence-corrected chi connectivity index (χ4v) is 1.83. The largest absolute Gasteiger partial charge is 0.354 e. The van der Waals surface area contributed by atoms with Crippen LogP contribution in [0.15, 0.2) is 24.7 Å². The molecule has 0 spiro atoms. The Morgan fingerprint density at radius 2 is 2.14 bits per heavy atom. The number of nitrogens with one attached hydrogen (secondary N) is 2. The first-order valence-corrected chi connectivity index (χ1v) is 6.80. The lowest BCUT2D eigenvalue weighted by molar-refractivity contribution is -0.111. The highest BCUT2D eigenvalue weighted by molar-refractivity contribution is 6.06. The molecule has 2 N–H and O–H groups in total. The van der Waals surface area contributed by atoms with Crippen LogP contribution < -0.4 is 10.6 Å². The monoisotopic (exact) mass is 302 g/mol. The van der Waals surface area contributed by atoms with E-state index in [0.717, 1.165) is 5.56 Å². The highest BCUT2D eigenvalue weighted by Crippen LogP contribution is 2.14. The number of nitrogens with zero attached hydrogens (tertiary/aromatic N) is 4. The predicted molar refractivity (Wildman–Crippen MR) is 82.2 cm³/mol. The SMILES string of the molecule is CCn1cc(NC(=O)/C=C/c2cnn(C)c2)c(C(=O)NC)n1. The maximum absolute atomic E-state index is 12.0. The van der Waals surface area contributed by atoms with Gasteiger partial charge in [-0.25, -0.2) is 0 Å². The maximum Gasteiger partial charge on any atom is 0.273 e. The normalized spacial score (nSPS) is 10.9. The standard InChI is InChI=1S/C14H18N6O2/c1-4-20-9-11(13(18-20)14(22)15-2)17-12(21)6-5-10-7-16-19(3)8-10/h5-9H,4H2,1-3H3,(H,15,22)(H,17,21)/b6-5+. The molecule has 2 aromatic rings. The first-order chi connectivity index (χ1) is 10.5. The minimum atomic E-state index is -0.348. The van der Waals surface area contributed by atoms with E-state index in [4.69, 9.17) is 0 Å². The average Bonchev–Trinajstić information content (AvgIpc) is 3.10.